The van der Waals surface area contributed by atoms with Crippen LogP contribution < -0.4 is 0 Å². The Hall–Kier alpha value is -2.10. The van der Waals surface area contributed by atoms with Crippen molar-refractivity contribution in [2.24, 2.45) is 5.41 Å². The number of benzene rings is 1. The smallest absolute Gasteiger partial charge is 0.309 e. The molecule has 0 aliphatic carbocycles. The number of aliphatic carboxylic acids is 1. The lowest BCUT2D eigenvalue weighted by molar-refractivity contribution is -0.146. The van der Waals surface area contributed by atoms with Gasteiger partial charge in [-0.15, -0.1) is 0 Å². The van der Waals surface area contributed by atoms with Crippen LogP contribution in [0.3, 0.4) is 0 Å². The number of hydrogen-bond acceptors (Lipinski definition) is 2. The molecule has 100 valence electrons. The third-order valence-electron chi connectivity index (χ3n) is 3.24. The first kappa shape index (κ1) is 13.3. The molecular weight excluding hydrogens is 240 g/mol. The van der Waals surface area contributed by atoms with E-state index in [1.54, 1.807) is 20.0 Å². The maximum atomic E-state index is 11.1. The van der Waals surface area contributed by atoms with E-state index in [9.17, 15) is 4.79 Å². The molecule has 4 heteroatoms. The van der Waals surface area contributed by atoms with Gasteiger partial charge in [0.15, 0.2) is 0 Å². The Balaban J connectivity index is 2.20. The zero-order valence-electron chi connectivity index (χ0n) is 11.4. The van der Waals surface area contributed by atoms with Crippen LogP contribution >= 0.6 is 0 Å². The zero-order valence-corrected chi connectivity index (χ0v) is 11.4. The Morgan fingerprint density at radius 2 is 1.89 bits per heavy atom. The van der Waals surface area contributed by atoms with Gasteiger partial charge < -0.3 is 5.11 Å². The SMILES string of the molecule is Cc1ccnn1-c1ccc(CC(C)(C)C(=O)O)cc1. The summed E-state index contributed by atoms with van der Waals surface area (Å²) in [6, 6.07) is 9.80. The van der Waals surface area contributed by atoms with E-state index in [1.807, 2.05) is 41.9 Å². The molecule has 4 nitrogen and oxygen atoms in total. The van der Waals surface area contributed by atoms with Crippen LogP contribution in [0.5, 0.6) is 0 Å². The molecule has 2 rings (SSSR count). The second kappa shape index (κ2) is 4.88. The molecule has 0 fully saturated rings. The minimum Gasteiger partial charge on any atom is -0.481 e. The molecular formula is C15H18N2O2. The topological polar surface area (TPSA) is 55.1 Å². The third kappa shape index (κ3) is 2.84. The van der Waals surface area contributed by atoms with Gasteiger partial charge >= 0.3 is 5.97 Å². The summed E-state index contributed by atoms with van der Waals surface area (Å²) in [7, 11) is 0. The van der Waals surface area contributed by atoms with Crippen molar-refractivity contribution in [1.29, 1.82) is 0 Å². The zero-order chi connectivity index (χ0) is 14.0. The molecule has 0 bridgehead atoms. The highest BCUT2D eigenvalue weighted by Gasteiger charge is 2.27. The highest BCUT2D eigenvalue weighted by Crippen LogP contribution is 2.23. The normalized spacial score (nSPS) is 11.5. The number of aromatic nitrogens is 2. The predicted molar refractivity (Wildman–Crippen MR) is 73.4 cm³/mol. The van der Waals surface area contributed by atoms with Crippen LogP contribution in [0.1, 0.15) is 25.1 Å². The Morgan fingerprint density at radius 3 is 2.37 bits per heavy atom. The molecule has 2 aromatic rings. The van der Waals surface area contributed by atoms with Gasteiger partial charge in [0.1, 0.15) is 0 Å². The molecule has 0 radical (unpaired) electrons. The van der Waals surface area contributed by atoms with Gasteiger partial charge in [-0.05, 0) is 51.0 Å². The van der Waals surface area contributed by atoms with Gasteiger partial charge in [0.25, 0.3) is 0 Å². The van der Waals surface area contributed by atoms with Gasteiger partial charge in [0.2, 0.25) is 0 Å². The lowest BCUT2D eigenvalue weighted by atomic mass is 9.86. The predicted octanol–water partition coefficient (Wildman–Crippen LogP) is 2.83. The van der Waals surface area contributed by atoms with Gasteiger partial charge in [0, 0.05) is 11.9 Å². The van der Waals surface area contributed by atoms with Crippen molar-refractivity contribution in [3.63, 3.8) is 0 Å². The van der Waals surface area contributed by atoms with Crippen molar-refractivity contribution in [1.82, 2.24) is 9.78 Å². The van der Waals surface area contributed by atoms with Gasteiger partial charge in [0.05, 0.1) is 11.1 Å². The van der Waals surface area contributed by atoms with Gasteiger partial charge in [-0.3, -0.25) is 4.79 Å². The minimum absolute atomic E-state index is 0.515. The molecule has 1 aromatic carbocycles. The maximum Gasteiger partial charge on any atom is 0.309 e. The van der Waals surface area contributed by atoms with E-state index in [2.05, 4.69) is 5.10 Å². The Morgan fingerprint density at radius 1 is 1.26 bits per heavy atom. The van der Waals surface area contributed by atoms with Gasteiger partial charge in [-0.2, -0.15) is 5.10 Å². The quantitative estimate of drug-likeness (QED) is 0.917. The van der Waals surface area contributed by atoms with Crippen molar-refractivity contribution >= 4 is 5.97 Å². The van der Waals surface area contributed by atoms with Crippen LogP contribution in [0, 0.1) is 12.3 Å². The number of rotatable bonds is 4. The fraction of sp³-hybridized carbons (Fsp3) is 0.333. The van der Waals surface area contributed by atoms with Gasteiger partial charge in [-0.25, -0.2) is 4.68 Å². The molecule has 0 saturated carbocycles. The van der Waals surface area contributed by atoms with E-state index in [0.717, 1.165) is 16.9 Å². The lowest BCUT2D eigenvalue weighted by Crippen LogP contribution is -2.26. The summed E-state index contributed by atoms with van der Waals surface area (Å²) in [6.07, 6.45) is 2.28. The second-order valence-corrected chi connectivity index (χ2v) is 5.42. The average Bonchev–Trinajstić information content (AvgIpc) is 2.76. The molecule has 0 saturated heterocycles. The highest BCUT2D eigenvalue weighted by atomic mass is 16.4. The number of carboxylic acids is 1. The average molecular weight is 258 g/mol. The summed E-state index contributed by atoms with van der Waals surface area (Å²) in [6.45, 7) is 5.47. The fourth-order valence-corrected chi connectivity index (χ4v) is 1.98. The van der Waals surface area contributed by atoms with Crippen LogP contribution in [0.4, 0.5) is 0 Å². The van der Waals surface area contributed by atoms with Crippen molar-refractivity contribution in [3.8, 4) is 5.69 Å². The van der Waals surface area contributed by atoms with Crippen molar-refractivity contribution in [2.45, 2.75) is 27.2 Å². The Labute approximate surface area is 112 Å². The van der Waals surface area contributed by atoms with E-state index >= 15 is 0 Å². The fourth-order valence-electron chi connectivity index (χ4n) is 1.98. The molecule has 0 aliphatic heterocycles. The first-order valence-electron chi connectivity index (χ1n) is 6.23. The molecule has 0 atom stereocenters. The van der Waals surface area contributed by atoms with Crippen LogP contribution in [-0.4, -0.2) is 20.9 Å². The van der Waals surface area contributed by atoms with E-state index in [-0.39, 0.29) is 0 Å². The van der Waals surface area contributed by atoms with E-state index < -0.39 is 11.4 Å². The van der Waals surface area contributed by atoms with E-state index in [4.69, 9.17) is 5.11 Å². The molecule has 0 spiro atoms. The summed E-state index contributed by atoms with van der Waals surface area (Å²) >= 11 is 0. The molecule has 0 unspecified atom stereocenters. The van der Waals surface area contributed by atoms with Crippen molar-refractivity contribution in [3.05, 3.63) is 47.8 Å². The molecule has 1 heterocycles. The van der Waals surface area contributed by atoms with Crippen LogP contribution in [0.15, 0.2) is 36.5 Å². The van der Waals surface area contributed by atoms with Crippen LogP contribution in [0.25, 0.3) is 5.69 Å². The lowest BCUT2D eigenvalue weighted by Gasteiger charge is -2.19. The number of carbonyl (C=O) groups is 1. The number of carboxylic acid groups (broad SMARTS) is 1. The van der Waals surface area contributed by atoms with E-state index in [0.29, 0.717) is 6.42 Å². The van der Waals surface area contributed by atoms with Crippen LogP contribution in [-0.2, 0) is 11.2 Å². The number of aryl methyl sites for hydroxylation is 1. The minimum atomic E-state index is -0.778. The third-order valence-corrected chi connectivity index (χ3v) is 3.24. The number of nitrogens with zero attached hydrogens (tertiary/aromatic N) is 2. The van der Waals surface area contributed by atoms with E-state index in [1.165, 1.54) is 0 Å². The monoisotopic (exact) mass is 258 g/mol. The molecule has 1 aromatic heterocycles. The summed E-state index contributed by atoms with van der Waals surface area (Å²) in [5, 5.41) is 13.4. The van der Waals surface area contributed by atoms with Crippen molar-refractivity contribution < 1.29 is 9.90 Å². The molecule has 0 amide bonds. The largest absolute Gasteiger partial charge is 0.481 e. The summed E-state index contributed by atoms with van der Waals surface area (Å²) in [4.78, 5) is 11.1. The van der Waals surface area contributed by atoms with Gasteiger partial charge in [-0.1, -0.05) is 12.1 Å². The summed E-state index contributed by atoms with van der Waals surface area (Å²) in [5.41, 5.74) is 2.32. The number of hydrogen-bond donors (Lipinski definition) is 1. The maximum absolute atomic E-state index is 11.1. The molecule has 1 N–H and O–H groups in total. The standard InChI is InChI=1S/C15H18N2O2/c1-11-8-9-16-17(11)13-6-4-12(5-7-13)10-15(2,3)14(18)19/h4-9H,10H2,1-3H3,(H,18,19). The summed E-state index contributed by atoms with van der Waals surface area (Å²) in [5.74, 6) is -0.778. The highest BCUT2D eigenvalue weighted by molar-refractivity contribution is 5.74. The molecule has 0 aliphatic rings. The first-order valence-corrected chi connectivity index (χ1v) is 6.23. The summed E-state index contributed by atoms with van der Waals surface area (Å²) < 4.78 is 1.85. The Bertz CT molecular complexity index is 582. The van der Waals surface area contributed by atoms with Crippen LogP contribution in [0.2, 0.25) is 0 Å². The molecule has 19 heavy (non-hydrogen) atoms. The first-order chi connectivity index (χ1) is 8.90. The van der Waals surface area contributed by atoms with Crippen molar-refractivity contribution in [2.75, 3.05) is 0 Å². The second-order valence-electron chi connectivity index (χ2n) is 5.42. The Kier molecular flexibility index (Phi) is 3.42.